The number of hydrogen-bond donors (Lipinski definition) is 1. The van der Waals surface area contributed by atoms with E-state index in [2.05, 4.69) is 13.2 Å². The standard InChI is InChI=1S/C11H10O4.C3H4O2/c1-2-11(12)13-6-8-3-4-9-10(5-8)15-7-14-9;1-2-3(4)5/h2-5H,1,6-7H2;2H,1H2,(H,4,5). The van der Waals surface area contributed by atoms with Crippen LogP contribution in [0, 0.1) is 0 Å². The fraction of sp³-hybridized carbons (Fsp3) is 0.143. The number of fused-ring (bicyclic) bond motifs is 1. The lowest BCUT2D eigenvalue weighted by Gasteiger charge is -2.03. The lowest BCUT2D eigenvalue weighted by molar-refractivity contribution is -0.139. The summed E-state index contributed by atoms with van der Waals surface area (Å²) in [5.41, 5.74) is 0.856. The quantitative estimate of drug-likeness (QED) is 0.669. The molecule has 0 amide bonds. The number of carbonyl (C=O) groups is 2. The molecule has 0 spiro atoms. The van der Waals surface area contributed by atoms with Crippen molar-refractivity contribution >= 4 is 11.9 Å². The minimum Gasteiger partial charge on any atom is -0.478 e. The highest BCUT2D eigenvalue weighted by atomic mass is 16.7. The van der Waals surface area contributed by atoms with Gasteiger partial charge >= 0.3 is 11.9 Å². The van der Waals surface area contributed by atoms with Gasteiger partial charge in [-0.15, -0.1) is 0 Å². The zero-order valence-corrected chi connectivity index (χ0v) is 10.7. The maximum Gasteiger partial charge on any atom is 0.330 e. The molecule has 106 valence electrons. The molecule has 0 radical (unpaired) electrons. The molecule has 0 saturated heterocycles. The SMILES string of the molecule is C=CC(=O)O.C=CC(=O)OCc1ccc2c(c1)OCO2. The van der Waals surface area contributed by atoms with E-state index in [4.69, 9.17) is 19.3 Å². The van der Waals surface area contributed by atoms with Gasteiger partial charge < -0.3 is 19.3 Å². The van der Waals surface area contributed by atoms with Crippen LogP contribution in [0.2, 0.25) is 0 Å². The first-order valence-corrected chi connectivity index (χ1v) is 5.60. The number of hydrogen-bond acceptors (Lipinski definition) is 5. The molecule has 20 heavy (non-hydrogen) atoms. The van der Waals surface area contributed by atoms with E-state index in [-0.39, 0.29) is 13.4 Å². The van der Waals surface area contributed by atoms with Crippen LogP contribution in [0.1, 0.15) is 5.56 Å². The van der Waals surface area contributed by atoms with E-state index in [1.807, 2.05) is 6.07 Å². The number of carboxylic acids is 1. The first-order chi connectivity index (χ1) is 9.56. The summed E-state index contributed by atoms with van der Waals surface area (Å²) < 4.78 is 15.2. The molecule has 1 heterocycles. The van der Waals surface area contributed by atoms with Crippen molar-refractivity contribution in [1.82, 2.24) is 0 Å². The highest BCUT2D eigenvalue weighted by Gasteiger charge is 2.13. The summed E-state index contributed by atoms with van der Waals surface area (Å²) in [7, 11) is 0. The van der Waals surface area contributed by atoms with Crippen molar-refractivity contribution in [2.24, 2.45) is 0 Å². The Balaban J connectivity index is 0.000000347. The van der Waals surface area contributed by atoms with E-state index in [0.29, 0.717) is 11.5 Å². The Morgan fingerprint density at radius 3 is 2.50 bits per heavy atom. The van der Waals surface area contributed by atoms with Crippen molar-refractivity contribution in [3.8, 4) is 11.5 Å². The highest BCUT2D eigenvalue weighted by Crippen LogP contribution is 2.32. The molecule has 1 aliphatic rings. The van der Waals surface area contributed by atoms with Gasteiger partial charge in [-0.3, -0.25) is 0 Å². The first kappa shape index (κ1) is 15.3. The summed E-state index contributed by atoms with van der Waals surface area (Å²) in [6.07, 6.45) is 1.97. The number of carbonyl (C=O) groups excluding carboxylic acids is 1. The third-order valence-corrected chi connectivity index (χ3v) is 2.16. The Hall–Kier alpha value is -2.76. The molecule has 6 nitrogen and oxygen atoms in total. The van der Waals surface area contributed by atoms with E-state index in [0.717, 1.165) is 17.7 Å². The summed E-state index contributed by atoms with van der Waals surface area (Å²) in [6, 6.07) is 5.40. The molecular weight excluding hydrogens is 264 g/mol. The van der Waals surface area contributed by atoms with Gasteiger partial charge in [0.15, 0.2) is 11.5 Å². The summed E-state index contributed by atoms with van der Waals surface area (Å²) >= 11 is 0. The van der Waals surface area contributed by atoms with Crippen LogP contribution in [-0.4, -0.2) is 23.8 Å². The number of aliphatic carboxylic acids is 1. The second kappa shape index (κ2) is 7.63. The first-order valence-electron chi connectivity index (χ1n) is 5.60. The molecule has 0 aliphatic carbocycles. The summed E-state index contributed by atoms with van der Waals surface area (Å²) in [5.74, 6) is -0.0198. The minimum atomic E-state index is -0.981. The molecular formula is C14H14O6. The summed E-state index contributed by atoms with van der Waals surface area (Å²) in [6.45, 7) is 6.72. The molecule has 6 heteroatoms. The summed E-state index contributed by atoms with van der Waals surface area (Å²) in [4.78, 5) is 20.1. The van der Waals surface area contributed by atoms with Crippen LogP contribution in [0.15, 0.2) is 43.5 Å². The minimum absolute atomic E-state index is 0.210. The van der Waals surface area contributed by atoms with Crippen molar-refractivity contribution in [3.05, 3.63) is 49.1 Å². The molecule has 0 aromatic heterocycles. The Bertz CT molecular complexity index is 520. The Morgan fingerprint density at radius 1 is 1.25 bits per heavy atom. The summed E-state index contributed by atoms with van der Waals surface area (Å²) in [5, 5.41) is 7.60. The number of esters is 1. The molecule has 2 rings (SSSR count). The molecule has 1 aromatic rings. The molecule has 1 N–H and O–H groups in total. The van der Waals surface area contributed by atoms with Crippen molar-refractivity contribution in [2.45, 2.75) is 6.61 Å². The smallest absolute Gasteiger partial charge is 0.330 e. The van der Waals surface area contributed by atoms with Crippen molar-refractivity contribution in [3.63, 3.8) is 0 Å². The van der Waals surface area contributed by atoms with Gasteiger partial charge in [0, 0.05) is 12.2 Å². The van der Waals surface area contributed by atoms with Gasteiger partial charge in [0.25, 0.3) is 0 Å². The van der Waals surface area contributed by atoms with Gasteiger partial charge in [-0.2, -0.15) is 0 Å². The van der Waals surface area contributed by atoms with Gasteiger partial charge in [-0.1, -0.05) is 19.2 Å². The molecule has 0 atom stereocenters. The maximum atomic E-state index is 10.8. The molecule has 0 bridgehead atoms. The van der Waals surface area contributed by atoms with Gasteiger partial charge in [0.1, 0.15) is 6.61 Å². The molecule has 1 aromatic carbocycles. The molecule has 1 aliphatic heterocycles. The van der Waals surface area contributed by atoms with E-state index in [9.17, 15) is 9.59 Å². The van der Waals surface area contributed by atoms with Crippen LogP contribution in [0.25, 0.3) is 0 Å². The van der Waals surface area contributed by atoms with Gasteiger partial charge in [-0.25, -0.2) is 9.59 Å². The van der Waals surface area contributed by atoms with Crippen molar-refractivity contribution in [2.75, 3.05) is 6.79 Å². The van der Waals surface area contributed by atoms with Crippen LogP contribution in [-0.2, 0) is 20.9 Å². The van der Waals surface area contributed by atoms with E-state index in [1.165, 1.54) is 0 Å². The Morgan fingerprint density at radius 2 is 1.90 bits per heavy atom. The number of benzene rings is 1. The Labute approximate surface area is 115 Å². The average molecular weight is 278 g/mol. The van der Waals surface area contributed by atoms with Crippen molar-refractivity contribution < 1.29 is 28.9 Å². The van der Waals surface area contributed by atoms with Crippen LogP contribution in [0.3, 0.4) is 0 Å². The lowest BCUT2D eigenvalue weighted by atomic mass is 10.2. The van der Waals surface area contributed by atoms with Gasteiger partial charge in [-0.05, 0) is 17.7 Å². The van der Waals surface area contributed by atoms with Gasteiger partial charge in [0.05, 0.1) is 0 Å². The monoisotopic (exact) mass is 278 g/mol. The predicted octanol–water partition coefficient (Wildman–Crippen LogP) is 1.90. The van der Waals surface area contributed by atoms with E-state index >= 15 is 0 Å². The van der Waals surface area contributed by atoms with Crippen LogP contribution >= 0.6 is 0 Å². The topological polar surface area (TPSA) is 82.1 Å². The Kier molecular flexibility index (Phi) is 5.83. The molecule has 0 fully saturated rings. The van der Waals surface area contributed by atoms with Crippen LogP contribution in [0.5, 0.6) is 11.5 Å². The third kappa shape index (κ3) is 4.85. The second-order valence-electron chi connectivity index (χ2n) is 3.54. The average Bonchev–Trinajstić information content (AvgIpc) is 2.92. The fourth-order valence-corrected chi connectivity index (χ4v) is 1.24. The number of ether oxygens (including phenoxy) is 3. The molecule has 0 saturated carbocycles. The normalized spacial score (nSPS) is 10.8. The van der Waals surface area contributed by atoms with Crippen molar-refractivity contribution in [1.29, 1.82) is 0 Å². The number of carboxylic acid groups (broad SMARTS) is 1. The van der Waals surface area contributed by atoms with Gasteiger partial charge in [0.2, 0.25) is 6.79 Å². The highest BCUT2D eigenvalue weighted by molar-refractivity contribution is 5.81. The van der Waals surface area contributed by atoms with Crippen LogP contribution < -0.4 is 9.47 Å². The number of rotatable bonds is 4. The maximum absolute atomic E-state index is 10.8. The van der Waals surface area contributed by atoms with E-state index in [1.54, 1.807) is 12.1 Å². The second-order valence-corrected chi connectivity index (χ2v) is 3.54. The fourth-order valence-electron chi connectivity index (χ4n) is 1.24. The van der Waals surface area contributed by atoms with E-state index < -0.39 is 11.9 Å². The zero-order valence-electron chi connectivity index (χ0n) is 10.7. The molecule has 0 unspecified atom stereocenters. The zero-order chi connectivity index (χ0) is 15.0. The van der Waals surface area contributed by atoms with Crippen LogP contribution in [0.4, 0.5) is 0 Å². The lowest BCUT2D eigenvalue weighted by Crippen LogP contribution is -1.99. The largest absolute Gasteiger partial charge is 0.478 e. The predicted molar refractivity (Wildman–Crippen MR) is 70.4 cm³/mol. The third-order valence-electron chi connectivity index (χ3n) is 2.16.